The van der Waals surface area contributed by atoms with Gasteiger partial charge in [-0.2, -0.15) is 0 Å². The smallest absolute Gasteiger partial charge is 0.149 e. The van der Waals surface area contributed by atoms with Crippen LogP contribution >= 0.6 is 0 Å². The third kappa shape index (κ3) is 3.29. The van der Waals surface area contributed by atoms with Gasteiger partial charge in [0.1, 0.15) is 11.4 Å². The number of nitrogens with zero attached hydrogens (tertiary/aromatic N) is 2. The minimum Gasteiger partial charge on any atom is -0.490 e. The Bertz CT molecular complexity index is 708. The molecule has 0 saturated carbocycles. The van der Waals surface area contributed by atoms with E-state index in [9.17, 15) is 0 Å². The van der Waals surface area contributed by atoms with Crippen LogP contribution in [0.25, 0.3) is 11.3 Å². The molecule has 2 aromatic heterocycles. The van der Waals surface area contributed by atoms with Gasteiger partial charge in [0.2, 0.25) is 0 Å². The molecule has 2 unspecified atom stereocenters. The van der Waals surface area contributed by atoms with Crippen molar-refractivity contribution in [3.63, 3.8) is 0 Å². The van der Waals surface area contributed by atoms with Gasteiger partial charge in [0, 0.05) is 47.1 Å². The number of hydrogen-bond acceptors (Lipinski definition) is 4. The number of hydrogen-bond donors (Lipinski definition) is 1. The van der Waals surface area contributed by atoms with E-state index in [0.29, 0.717) is 11.8 Å². The lowest BCUT2D eigenvalue weighted by Gasteiger charge is -2.18. The van der Waals surface area contributed by atoms with Gasteiger partial charge < -0.3 is 10.1 Å². The summed E-state index contributed by atoms with van der Waals surface area (Å²) in [6.07, 6.45) is 4.14. The summed E-state index contributed by atoms with van der Waals surface area (Å²) in [5, 5.41) is 3.32. The fourth-order valence-electron chi connectivity index (χ4n) is 3.44. The Kier molecular flexibility index (Phi) is 5.14. The van der Waals surface area contributed by atoms with Crippen molar-refractivity contribution in [3.05, 3.63) is 41.3 Å². The van der Waals surface area contributed by atoms with Crippen molar-refractivity contribution in [1.29, 1.82) is 0 Å². The topological polar surface area (TPSA) is 47.0 Å². The van der Waals surface area contributed by atoms with Crippen LogP contribution in [0, 0.1) is 6.92 Å². The van der Waals surface area contributed by atoms with Crippen LogP contribution in [0.2, 0.25) is 0 Å². The van der Waals surface area contributed by atoms with Crippen molar-refractivity contribution in [2.45, 2.75) is 45.4 Å². The second kappa shape index (κ2) is 7.31. The van der Waals surface area contributed by atoms with Crippen LogP contribution in [0.1, 0.15) is 55.5 Å². The van der Waals surface area contributed by atoms with Gasteiger partial charge in [0.25, 0.3) is 0 Å². The van der Waals surface area contributed by atoms with E-state index >= 15 is 0 Å². The molecular weight excluding hydrogens is 298 g/mol. The first-order valence-electron chi connectivity index (χ1n) is 8.89. The number of fused-ring (bicyclic) bond motifs is 1. The SMILES string of the molecule is CCCC(CNC)c1cc2c(c(-c3ccnc(C)c3)n1)OCC2C. The number of rotatable bonds is 6. The first-order chi connectivity index (χ1) is 11.6. The van der Waals surface area contributed by atoms with Gasteiger partial charge in [0.15, 0.2) is 0 Å². The molecule has 24 heavy (non-hydrogen) atoms. The minimum absolute atomic E-state index is 0.417. The van der Waals surface area contributed by atoms with E-state index in [2.05, 4.69) is 36.3 Å². The van der Waals surface area contributed by atoms with Gasteiger partial charge in [0.05, 0.1) is 6.61 Å². The molecule has 4 heteroatoms. The molecule has 3 heterocycles. The zero-order chi connectivity index (χ0) is 17.1. The molecule has 0 amide bonds. The van der Waals surface area contributed by atoms with Crippen LogP contribution in [0.5, 0.6) is 5.75 Å². The molecule has 4 nitrogen and oxygen atoms in total. The normalized spacial score (nSPS) is 17.4. The van der Waals surface area contributed by atoms with Crippen molar-refractivity contribution < 1.29 is 4.74 Å². The molecule has 0 spiro atoms. The lowest BCUT2D eigenvalue weighted by atomic mass is 9.93. The summed E-state index contributed by atoms with van der Waals surface area (Å²) < 4.78 is 5.99. The minimum atomic E-state index is 0.417. The van der Waals surface area contributed by atoms with Crippen LogP contribution in [0.4, 0.5) is 0 Å². The Morgan fingerprint density at radius 1 is 1.38 bits per heavy atom. The van der Waals surface area contributed by atoms with Gasteiger partial charge in [-0.25, -0.2) is 4.98 Å². The largest absolute Gasteiger partial charge is 0.490 e. The van der Waals surface area contributed by atoms with E-state index in [1.165, 1.54) is 11.3 Å². The Balaban J connectivity index is 2.12. The molecule has 0 radical (unpaired) electrons. The third-order valence-corrected chi connectivity index (χ3v) is 4.71. The fraction of sp³-hybridized carbons (Fsp3) is 0.500. The molecular formula is C20H27N3O. The molecule has 2 atom stereocenters. The van der Waals surface area contributed by atoms with Crippen molar-refractivity contribution in [2.75, 3.05) is 20.2 Å². The highest BCUT2D eigenvalue weighted by molar-refractivity contribution is 5.70. The average Bonchev–Trinajstić information content (AvgIpc) is 2.95. The molecule has 2 aromatic rings. The van der Waals surface area contributed by atoms with Crippen molar-refractivity contribution in [2.24, 2.45) is 0 Å². The molecule has 0 fully saturated rings. The second-order valence-corrected chi connectivity index (χ2v) is 6.76. The van der Waals surface area contributed by atoms with E-state index in [0.717, 1.165) is 48.7 Å². The number of ether oxygens (including phenoxy) is 1. The molecule has 1 N–H and O–H groups in total. The number of aryl methyl sites for hydroxylation is 1. The maximum absolute atomic E-state index is 5.99. The molecule has 0 saturated heterocycles. The zero-order valence-electron chi connectivity index (χ0n) is 15.1. The van der Waals surface area contributed by atoms with Gasteiger partial charge in [-0.1, -0.05) is 20.3 Å². The van der Waals surface area contributed by atoms with Gasteiger partial charge in [-0.15, -0.1) is 0 Å². The van der Waals surface area contributed by atoms with E-state index in [-0.39, 0.29) is 0 Å². The predicted molar refractivity (Wildman–Crippen MR) is 97.7 cm³/mol. The highest BCUT2D eigenvalue weighted by Crippen LogP contribution is 2.42. The summed E-state index contributed by atoms with van der Waals surface area (Å²) in [4.78, 5) is 9.35. The summed E-state index contributed by atoms with van der Waals surface area (Å²) in [5.74, 6) is 1.80. The van der Waals surface area contributed by atoms with Crippen molar-refractivity contribution >= 4 is 0 Å². The average molecular weight is 325 g/mol. The van der Waals surface area contributed by atoms with Gasteiger partial charge in [-0.05, 0) is 38.6 Å². The molecule has 0 aromatic carbocycles. The maximum Gasteiger partial charge on any atom is 0.149 e. The molecule has 1 aliphatic rings. The number of nitrogens with one attached hydrogen (secondary N) is 1. The van der Waals surface area contributed by atoms with E-state index < -0.39 is 0 Å². The molecule has 3 rings (SSSR count). The standard InChI is InChI=1S/C20H27N3O/c1-5-6-16(11-21-4)18-10-17-13(2)12-24-20(17)19(23-18)15-7-8-22-14(3)9-15/h7-10,13,16,21H,5-6,11-12H2,1-4H3. The number of pyridine rings is 2. The summed E-state index contributed by atoms with van der Waals surface area (Å²) in [7, 11) is 2.01. The quantitative estimate of drug-likeness (QED) is 0.870. The summed E-state index contributed by atoms with van der Waals surface area (Å²) in [6, 6.07) is 6.38. The predicted octanol–water partition coefficient (Wildman–Crippen LogP) is 4.05. The summed E-state index contributed by atoms with van der Waals surface area (Å²) >= 11 is 0. The molecule has 0 bridgehead atoms. The number of likely N-dealkylation sites (N-methyl/N-ethyl adjacent to an activating group) is 1. The highest BCUT2D eigenvalue weighted by Gasteiger charge is 2.27. The van der Waals surface area contributed by atoms with E-state index in [4.69, 9.17) is 9.72 Å². The first-order valence-corrected chi connectivity index (χ1v) is 8.89. The monoisotopic (exact) mass is 325 g/mol. The van der Waals surface area contributed by atoms with Gasteiger partial charge in [-0.3, -0.25) is 4.98 Å². The van der Waals surface area contributed by atoms with Crippen LogP contribution in [0.15, 0.2) is 24.4 Å². The van der Waals surface area contributed by atoms with Crippen LogP contribution in [0.3, 0.4) is 0 Å². The molecule has 128 valence electrons. The highest BCUT2D eigenvalue weighted by atomic mass is 16.5. The van der Waals surface area contributed by atoms with E-state index in [1.54, 1.807) is 0 Å². The van der Waals surface area contributed by atoms with Gasteiger partial charge >= 0.3 is 0 Å². The fourth-order valence-corrected chi connectivity index (χ4v) is 3.44. The van der Waals surface area contributed by atoms with E-state index in [1.807, 2.05) is 26.2 Å². The van der Waals surface area contributed by atoms with Crippen LogP contribution in [-0.2, 0) is 0 Å². The second-order valence-electron chi connectivity index (χ2n) is 6.76. The van der Waals surface area contributed by atoms with Crippen LogP contribution < -0.4 is 10.1 Å². The first kappa shape index (κ1) is 16.9. The lowest BCUT2D eigenvalue weighted by molar-refractivity contribution is 0.337. The molecule has 0 aliphatic carbocycles. The Hall–Kier alpha value is -1.94. The van der Waals surface area contributed by atoms with Crippen LogP contribution in [-0.4, -0.2) is 30.2 Å². The Morgan fingerprint density at radius 3 is 2.92 bits per heavy atom. The maximum atomic E-state index is 5.99. The lowest BCUT2D eigenvalue weighted by Crippen LogP contribution is -2.18. The summed E-state index contributed by atoms with van der Waals surface area (Å²) in [5.41, 5.74) is 5.53. The summed E-state index contributed by atoms with van der Waals surface area (Å²) in [6.45, 7) is 8.16. The van der Waals surface area contributed by atoms with Crippen molar-refractivity contribution in [1.82, 2.24) is 15.3 Å². The Morgan fingerprint density at radius 2 is 2.21 bits per heavy atom. The third-order valence-electron chi connectivity index (χ3n) is 4.71. The molecule has 1 aliphatic heterocycles. The Labute approximate surface area is 144 Å². The zero-order valence-corrected chi connectivity index (χ0v) is 15.1. The van der Waals surface area contributed by atoms with Crippen molar-refractivity contribution in [3.8, 4) is 17.0 Å². The number of aromatic nitrogens is 2.